The molecule has 0 aliphatic carbocycles. The lowest BCUT2D eigenvalue weighted by Gasteiger charge is -2.19. The zero-order valence-corrected chi connectivity index (χ0v) is 11.7. The maximum absolute atomic E-state index is 11.8. The minimum atomic E-state index is -1.22. The molecule has 2 rings (SSSR count). The standard InChI is InChI=1S/C15H20O5/c1-15(2)19-10-13(20-15)14(17)12(16)9-18-8-11-6-4-3-5-7-11/h3-7,13-14,17H,8-10H2,1-2H3/t13-,14+/m1/s1. The van der Waals surface area contributed by atoms with Crippen molar-refractivity contribution in [3.63, 3.8) is 0 Å². The predicted octanol–water partition coefficient (Wildman–Crippen LogP) is 1.28. The molecule has 1 N–H and O–H groups in total. The van der Waals surface area contributed by atoms with Crippen LogP contribution in [0.25, 0.3) is 0 Å². The van der Waals surface area contributed by atoms with E-state index in [1.807, 2.05) is 30.3 Å². The summed E-state index contributed by atoms with van der Waals surface area (Å²) >= 11 is 0. The quantitative estimate of drug-likeness (QED) is 0.850. The van der Waals surface area contributed by atoms with Crippen LogP contribution in [0.5, 0.6) is 0 Å². The minimum absolute atomic E-state index is 0.143. The molecule has 0 bridgehead atoms. The van der Waals surface area contributed by atoms with Crippen molar-refractivity contribution in [3.05, 3.63) is 35.9 Å². The highest BCUT2D eigenvalue weighted by Gasteiger charge is 2.39. The molecule has 0 unspecified atom stereocenters. The topological polar surface area (TPSA) is 65.0 Å². The van der Waals surface area contributed by atoms with Crippen LogP contribution >= 0.6 is 0 Å². The smallest absolute Gasteiger partial charge is 0.189 e. The van der Waals surface area contributed by atoms with E-state index < -0.39 is 23.8 Å². The highest BCUT2D eigenvalue weighted by atomic mass is 16.7. The molecule has 1 aliphatic heterocycles. The van der Waals surface area contributed by atoms with Crippen LogP contribution in [0.2, 0.25) is 0 Å². The van der Waals surface area contributed by atoms with Gasteiger partial charge in [0.1, 0.15) is 18.8 Å². The number of carbonyl (C=O) groups is 1. The lowest BCUT2D eigenvalue weighted by Crippen LogP contribution is -2.38. The summed E-state index contributed by atoms with van der Waals surface area (Å²) < 4.78 is 16.1. The van der Waals surface area contributed by atoms with Gasteiger partial charge in [-0.3, -0.25) is 4.79 Å². The first-order valence-electron chi connectivity index (χ1n) is 6.62. The Bertz CT molecular complexity index is 443. The summed E-state index contributed by atoms with van der Waals surface area (Å²) in [5.41, 5.74) is 0.983. The van der Waals surface area contributed by atoms with Crippen LogP contribution < -0.4 is 0 Å². The van der Waals surface area contributed by atoms with Crippen molar-refractivity contribution in [3.8, 4) is 0 Å². The van der Waals surface area contributed by atoms with Crippen LogP contribution in [0.3, 0.4) is 0 Å². The third-order valence-corrected chi connectivity index (χ3v) is 3.07. The Morgan fingerprint density at radius 2 is 2.15 bits per heavy atom. The molecule has 1 aliphatic rings. The number of carbonyl (C=O) groups excluding carboxylic acids is 1. The summed E-state index contributed by atoms with van der Waals surface area (Å²) in [4.78, 5) is 11.8. The van der Waals surface area contributed by atoms with Crippen molar-refractivity contribution in [2.45, 2.75) is 38.4 Å². The molecular weight excluding hydrogens is 260 g/mol. The number of hydrogen-bond donors (Lipinski definition) is 1. The van der Waals surface area contributed by atoms with Crippen molar-refractivity contribution in [1.82, 2.24) is 0 Å². The molecule has 1 fully saturated rings. The van der Waals surface area contributed by atoms with Gasteiger partial charge in [-0.05, 0) is 19.4 Å². The molecule has 2 atom stereocenters. The number of aliphatic hydroxyl groups excluding tert-OH is 1. The number of rotatable bonds is 6. The summed E-state index contributed by atoms with van der Waals surface area (Å²) in [5.74, 6) is -1.15. The number of benzene rings is 1. The zero-order valence-electron chi connectivity index (χ0n) is 11.7. The Kier molecular flexibility index (Phi) is 4.88. The largest absolute Gasteiger partial charge is 0.382 e. The Labute approximate surface area is 118 Å². The van der Waals surface area contributed by atoms with Gasteiger partial charge < -0.3 is 19.3 Å². The number of ether oxygens (including phenoxy) is 3. The molecule has 20 heavy (non-hydrogen) atoms. The molecule has 1 aromatic rings. The fourth-order valence-corrected chi connectivity index (χ4v) is 2.01. The van der Waals surface area contributed by atoms with Crippen molar-refractivity contribution in [1.29, 1.82) is 0 Å². The number of Topliss-reactive ketones (excluding diaryl/α,β-unsaturated/α-hetero) is 1. The predicted molar refractivity (Wildman–Crippen MR) is 72.0 cm³/mol. The van der Waals surface area contributed by atoms with Crippen LogP contribution in [0.4, 0.5) is 0 Å². The van der Waals surface area contributed by atoms with Gasteiger partial charge in [0.05, 0.1) is 13.2 Å². The Balaban J connectivity index is 1.75. The molecule has 110 valence electrons. The van der Waals surface area contributed by atoms with E-state index in [1.165, 1.54) is 0 Å². The summed E-state index contributed by atoms with van der Waals surface area (Å²) in [7, 11) is 0. The molecule has 1 saturated heterocycles. The second kappa shape index (κ2) is 6.45. The van der Waals surface area contributed by atoms with Crippen LogP contribution in [0.1, 0.15) is 19.4 Å². The highest BCUT2D eigenvalue weighted by Crippen LogP contribution is 2.24. The molecular formula is C15H20O5. The van der Waals surface area contributed by atoms with Crippen molar-refractivity contribution < 1.29 is 24.1 Å². The molecule has 0 radical (unpaired) electrons. The third kappa shape index (κ3) is 4.11. The Morgan fingerprint density at radius 1 is 1.45 bits per heavy atom. The van der Waals surface area contributed by atoms with E-state index >= 15 is 0 Å². The van der Waals surface area contributed by atoms with Gasteiger partial charge in [0.2, 0.25) is 0 Å². The first-order valence-corrected chi connectivity index (χ1v) is 6.62. The second-order valence-electron chi connectivity index (χ2n) is 5.26. The first kappa shape index (κ1) is 15.1. The summed E-state index contributed by atoms with van der Waals surface area (Å²) in [6.07, 6.45) is -1.84. The van der Waals surface area contributed by atoms with Gasteiger partial charge in [0.25, 0.3) is 0 Å². The van der Waals surface area contributed by atoms with E-state index in [9.17, 15) is 9.90 Å². The number of hydrogen-bond acceptors (Lipinski definition) is 5. The van der Waals surface area contributed by atoms with E-state index in [0.29, 0.717) is 6.61 Å². The molecule has 1 aromatic carbocycles. The lowest BCUT2D eigenvalue weighted by molar-refractivity contribution is -0.159. The summed E-state index contributed by atoms with van der Waals surface area (Å²) in [6, 6.07) is 9.55. The Hall–Kier alpha value is -1.27. The monoisotopic (exact) mass is 280 g/mol. The fraction of sp³-hybridized carbons (Fsp3) is 0.533. The van der Waals surface area contributed by atoms with Crippen molar-refractivity contribution in [2.75, 3.05) is 13.2 Å². The van der Waals surface area contributed by atoms with E-state index in [2.05, 4.69) is 0 Å². The van der Waals surface area contributed by atoms with Crippen LogP contribution in [0, 0.1) is 0 Å². The molecule has 0 amide bonds. The molecule has 5 heteroatoms. The fourth-order valence-electron chi connectivity index (χ4n) is 2.01. The van der Waals surface area contributed by atoms with Crippen LogP contribution in [-0.4, -0.2) is 42.1 Å². The van der Waals surface area contributed by atoms with Crippen LogP contribution in [-0.2, 0) is 25.6 Å². The normalized spacial score (nSPS) is 22.6. The average Bonchev–Trinajstić information content (AvgIpc) is 2.79. The van der Waals surface area contributed by atoms with Crippen LogP contribution in [0.15, 0.2) is 30.3 Å². The van der Waals surface area contributed by atoms with Gasteiger partial charge in [-0.15, -0.1) is 0 Å². The highest BCUT2D eigenvalue weighted by molar-refractivity contribution is 5.84. The molecule has 5 nitrogen and oxygen atoms in total. The van der Waals surface area contributed by atoms with Gasteiger partial charge >= 0.3 is 0 Å². The SMILES string of the molecule is CC1(C)OC[C@H]([C@@H](O)C(=O)COCc2ccccc2)O1. The second-order valence-corrected chi connectivity index (χ2v) is 5.26. The molecule has 1 heterocycles. The first-order chi connectivity index (χ1) is 9.48. The van der Waals surface area contributed by atoms with Gasteiger partial charge in [-0.25, -0.2) is 0 Å². The van der Waals surface area contributed by atoms with E-state index in [0.717, 1.165) is 5.56 Å². The van der Waals surface area contributed by atoms with E-state index in [4.69, 9.17) is 14.2 Å². The lowest BCUT2D eigenvalue weighted by atomic mass is 10.1. The van der Waals surface area contributed by atoms with Crippen molar-refractivity contribution in [2.24, 2.45) is 0 Å². The zero-order chi connectivity index (χ0) is 14.6. The van der Waals surface area contributed by atoms with E-state index in [1.54, 1.807) is 13.8 Å². The number of ketones is 1. The number of aliphatic hydroxyl groups is 1. The van der Waals surface area contributed by atoms with E-state index in [-0.39, 0.29) is 13.2 Å². The van der Waals surface area contributed by atoms with Crippen molar-refractivity contribution >= 4 is 5.78 Å². The third-order valence-electron chi connectivity index (χ3n) is 3.07. The molecule has 0 saturated carbocycles. The maximum atomic E-state index is 11.8. The van der Waals surface area contributed by atoms with Gasteiger partial charge in [0.15, 0.2) is 11.6 Å². The molecule has 0 aromatic heterocycles. The molecule has 0 spiro atoms. The Morgan fingerprint density at radius 3 is 2.75 bits per heavy atom. The minimum Gasteiger partial charge on any atom is -0.382 e. The van der Waals surface area contributed by atoms with Gasteiger partial charge in [-0.1, -0.05) is 30.3 Å². The van der Waals surface area contributed by atoms with Gasteiger partial charge in [-0.2, -0.15) is 0 Å². The van der Waals surface area contributed by atoms with Gasteiger partial charge in [0, 0.05) is 0 Å². The average molecular weight is 280 g/mol. The summed E-state index contributed by atoms with van der Waals surface area (Å²) in [5, 5.41) is 9.91. The maximum Gasteiger partial charge on any atom is 0.189 e. The summed E-state index contributed by atoms with van der Waals surface area (Å²) in [6.45, 7) is 3.90.